The normalized spacial score (nSPS) is 16.4. The standard InChI is InChI=1S/2C18H15P.C7H8.F6P.Rh/c2*1-4-10-16(11-5-1)19(17-12-6-2-7-13-17)18-14-8-3-9-15-18;1-2-7-4-3-6(1)5-7;1-7(2,3,4,5)6;/h2*1-15H;1-4,6-7H,5H2;;/q;;;-1;. The molecule has 0 aliphatic heterocycles. The molecule has 277 valence electrons. The summed E-state index contributed by atoms with van der Waals surface area (Å²) < 4.78 is 59.2. The van der Waals surface area contributed by atoms with E-state index in [1.807, 2.05) is 0 Å². The van der Waals surface area contributed by atoms with E-state index < -0.39 is 23.7 Å². The molecule has 0 aromatic heterocycles. The predicted molar refractivity (Wildman–Crippen MR) is 214 cm³/mol. The third-order valence-corrected chi connectivity index (χ3v) is 12.7. The maximum atomic E-state index is 9.87. The molecule has 2 bridgehead atoms. The Balaban J connectivity index is 0.000000172. The molecule has 53 heavy (non-hydrogen) atoms. The molecule has 0 unspecified atom stereocenters. The van der Waals surface area contributed by atoms with Crippen LogP contribution in [0.5, 0.6) is 0 Å². The summed E-state index contributed by atoms with van der Waals surface area (Å²) in [5.41, 5.74) is 0. The molecule has 0 saturated carbocycles. The van der Waals surface area contributed by atoms with Gasteiger partial charge in [0.25, 0.3) is 0 Å². The van der Waals surface area contributed by atoms with E-state index in [9.17, 15) is 25.2 Å². The van der Waals surface area contributed by atoms with Crippen LogP contribution in [0.4, 0.5) is 25.2 Å². The summed E-state index contributed by atoms with van der Waals surface area (Å²) >= 11 is 0. The van der Waals surface area contributed by atoms with E-state index in [-0.39, 0.29) is 19.5 Å². The first-order valence-electron chi connectivity index (χ1n) is 16.6. The second-order valence-electron chi connectivity index (χ2n) is 12.0. The van der Waals surface area contributed by atoms with Crippen LogP contribution in [0.25, 0.3) is 0 Å². The van der Waals surface area contributed by atoms with Gasteiger partial charge in [0.15, 0.2) is 0 Å². The van der Waals surface area contributed by atoms with Gasteiger partial charge in [0.1, 0.15) is 0 Å². The van der Waals surface area contributed by atoms with Gasteiger partial charge >= 0.3 is 33.0 Å². The zero-order valence-corrected chi connectivity index (χ0v) is 32.8. The van der Waals surface area contributed by atoms with Crippen LogP contribution in [0.2, 0.25) is 0 Å². The minimum absolute atomic E-state index is 0. The molecular formula is C43H38F6P3Rh-. The minimum Gasteiger partial charge on any atom is -0.0622 e. The maximum absolute atomic E-state index is 10.7. The molecule has 6 aromatic carbocycles. The third kappa shape index (κ3) is 15.3. The SMILES string of the molecule is C1=CC2C=CC1C2.F[P-](F)(F)(F)(F)F.[Rh].c1ccc(P(c2ccccc2)c2ccccc2)cc1.c1ccc(P(c2ccccc2)c2ccccc2)cc1. The van der Waals surface area contributed by atoms with Gasteiger partial charge in [-0.05, 0) is 65.9 Å². The fourth-order valence-electron chi connectivity index (χ4n) is 5.68. The Bertz CT molecular complexity index is 1650. The van der Waals surface area contributed by atoms with Gasteiger partial charge in [0.2, 0.25) is 0 Å². The van der Waals surface area contributed by atoms with Crippen molar-refractivity contribution in [1.29, 1.82) is 0 Å². The van der Waals surface area contributed by atoms with Crippen LogP contribution in [0.1, 0.15) is 6.42 Å². The van der Waals surface area contributed by atoms with Crippen molar-refractivity contribution >= 4 is 55.5 Å². The molecule has 0 spiro atoms. The summed E-state index contributed by atoms with van der Waals surface area (Å²) in [7, 11) is -11.5. The quantitative estimate of drug-likeness (QED) is 0.0677. The molecule has 0 nitrogen and oxygen atoms in total. The topological polar surface area (TPSA) is 0 Å². The van der Waals surface area contributed by atoms with Crippen molar-refractivity contribution < 1.29 is 44.7 Å². The van der Waals surface area contributed by atoms with Gasteiger partial charge in [-0.25, -0.2) is 0 Å². The van der Waals surface area contributed by atoms with Crippen molar-refractivity contribution in [2.75, 3.05) is 0 Å². The second kappa shape index (κ2) is 18.6. The maximum Gasteiger partial charge on any atom is 0 e. The summed E-state index contributed by atoms with van der Waals surface area (Å²) in [5, 5.41) is 8.39. The van der Waals surface area contributed by atoms with Gasteiger partial charge < -0.3 is 0 Å². The van der Waals surface area contributed by atoms with Crippen molar-refractivity contribution in [1.82, 2.24) is 0 Å². The van der Waals surface area contributed by atoms with E-state index >= 15 is 0 Å². The number of allylic oxidation sites excluding steroid dienone is 4. The van der Waals surface area contributed by atoms with Crippen LogP contribution in [0, 0.1) is 11.8 Å². The van der Waals surface area contributed by atoms with Crippen molar-refractivity contribution in [3.8, 4) is 0 Å². The largest absolute Gasteiger partial charge is 0.0622 e. The fourth-order valence-corrected chi connectivity index (χ4v) is 10.3. The average molecular weight is 865 g/mol. The molecular weight excluding hydrogens is 826 g/mol. The average Bonchev–Trinajstić information content (AvgIpc) is 3.81. The van der Waals surface area contributed by atoms with Crippen molar-refractivity contribution in [3.63, 3.8) is 0 Å². The van der Waals surface area contributed by atoms with E-state index in [4.69, 9.17) is 0 Å². The first-order valence-corrected chi connectivity index (χ1v) is 21.3. The van der Waals surface area contributed by atoms with Gasteiger partial charge in [-0.15, -0.1) is 0 Å². The smallest absolute Gasteiger partial charge is 0 e. The monoisotopic (exact) mass is 864 g/mol. The third-order valence-electron chi connectivity index (χ3n) is 7.84. The molecule has 0 fully saturated rings. The summed E-state index contributed by atoms with van der Waals surface area (Å²) in [4.78, 5) is 0. The molecule has 0 amide bonds. The Morgan fingerprint density at radius 1 is 0.321 bits per heavy atom. The van der Waals surface area contributed by atoms with Gasteiger partial charge in [-0.2, -0.15) is 0 Å². The first kappa shape index (κ1) is 42.0. The van der Waals surface area contributed by atoms with Crippen molar-refractivity contribution in [2.45, 2.75) is 6.42 Å². The van der Waals surface area contributed by atoms with E-state index in [1.54, 1.807) is 0 Å². The van der Waals surface area contributed by atoms with Crippen LogP contribution in [0.3, 0.4) is 0 Å². The zero-order chi connectivity index (χ0) is 36.9. The number of benzene rings is 6. The Morgan fingerprint density at radius 3 is 0.585 bits per heavy atom. The molecule has 2 aliphatic rings. The predicted octanol–water partition coefficient (Wildman–Crippen LogP) is 12.0. The second-order valence-corrected chi connectivity index (χ2v) is 18.3. The van der Waals surface area contributed by atoms with Crippen molar-refractivity contribution in [2.24, 2.45) is 11.8 Å². The summed E-state index contributed by atoms with van der Waals surface area (Å²) in [5.74, 6) is 1.62. The summed E-state index contributed by atoms with van der Waals surface area (Å²) in [6, 6.07) is 64.7. The number of hydrogen-bond acceptors (Lipinski definition) is 0. The van der Waals surface area contributed by atoms with Gasteiger partial charge in [0, 0.05) is 19.5 Å². The minimum atomic E-state index is -10.7. The molecule has 0 saturated heterocycles. The first-order chi connectivity index (χ1) is 24.8. The number of hydrogen-bond donors (Lipinski definition) is 0. The molecule has 1 radical (unpaired) electrons. The molecule has 10 heteroatoms. The molecule has 0 heterocycles. The number of rotatable bonds is 6. The Morgan fingerprint density at radius 2 is 0.472 bits per heavy atom. The zero-order valence-electron chi connectivity index (χ0n) is 28.4. The van der Waals surface area contributed by atoms with Crippen LogP contribution in [0.15, 0.2) is 206 Å². The molecule has 8 rings (SSSR count). The van der Waals surface area contributed by atoms with Gasteiger partial charge in [0.05, 0.1) is 0 Å². The fraction of sp³-hybridized carbons (Fsp3) is 0.0698. The number of fused-ring (bicyclic) bond motifs is 2. The van der Waals surface area contributed by atoms with E-state index in [1.165, 1.54) is 38.2 Å². The van der Waals surface area contributed by atoms with Crippen LogP contribution in [-0.4, -0.2) is 0 Å². The van der Waals surface area contributed by atoms with E-state index in [2.05, 4.69) is 206 Å². The van der Waals surface area contributed by atoms with Gasteiger partial charge in [-0.3, -0.25) is 0 Å². The summed E-state index contributed by atoms with van der Waals surface area (Å²) in [6.45, 7) is 0. The molecule has 2 aliphatic carbocycles. The molecule has 6 aromatic rings. The Hall–Kier alpha value is -3.71. The van der Waals surface area contributed by atoms with Crippen molar-refractivity contribution in [3.05, 3.63) is 206 Å². The van der Waals surface area contributed by atoms with Crippen LogP contribution < -0.4 is 31.8 Å². The van der Waals surface area contributed by atoms with Gasteiger partial charge in [-0.1, -0.05) is 206 Å². The Kier molecular flexibility index (Phi) is 14.7. The molecule has 0 N–H and O–H groups in total. The van der Waals surface area contributed by atoms with Crippen LogP contribution in [-0.2, 0) is 19.5 Å². The summed E-state index contributed by atoms with van der Waals surface area (Å²) in [6.07, 6.45) is 10.5. The van der Waals surface area contributed by atoms with E-state index in [0.29, 0.717) is 0 Å². The molecule has 0 atom stereocenters. The Labute approximate surface area is 323 Å². The van der Waals surface area contributed by atoms with Crippen LogP contribution >= 0.6 is 23.7 Å². The van der Waals surface area contributed by atoms with E-state index in [0.717, 1.165) is 11.8 Å². The number of halogens is 6.